The number of hydrogen-bond donors (Lipinski definition) is 0. The topological polar surface area (TPSA) is 33.2 Å². The minimum absolute atomic E-state index is 0.0910. The van der Waals surface area contributed by atoms with Gasteiger partial charge < -0.3 is 0 Å². The highest BCUT2D eigenvalue weighted by molar-refractivity contribution is 7.22. The molecular formula is C20H22N2OS. The number of rotatable bonds is 5. The quantitative estimate of drug-likeness (QED) is 0.609. The molecule has 0 saturated carbocycles. The number of carbonyl (C=O) groups is 1. The van der Waals surface area contributed by atoms with Crippen LogP contribution in [0.5, 0.6) is 0 Å². The number of aromatic nitrogens is 1. The second-order valence-corrected chi connectivity index (χ2v) is 7.32. The van der Waals surface area contributed by atoms with Crippen LogP contribution in [0, 0.1) is 5.92 Å². The van der Waals surface area contributed by atoms with Gasteiger partial charge in [-0.3, -0.25) is 9.69 Å². The Morgan fingerprint density at radius 2 is 1.83 bits per heavy atom. The lowest BCUT2D eigenvalue weighted by atomic mass is 10.1. The fourth-order valence-corrected chi connectivity index (χ4v) is 3.64. The van der Waals surface area contributed by atoms with Crippen molar-refractivity contribution in [1.82, 2.24) is 4.98 Å². The van der Waals surface area contributed by atoms with Crippen LogP contribution >= 0.6 is 11.3 Å². The minimum atomic E-state index is 0.0910. The van der Waals surface area contributed by atoms with Gasteiger partial charge in [0, 0.05) is 6.42 Å². The summed E-state index contributed by atoms with van der Waals surface area (Å²) in [5, 5.41) is 0.742. The maximum absolute atomic E-state index is 12.9. The molecule has 124 valence electrons. The van der Waals surface area contributed by atoms with Gasteiger partial charge in [0.1, 0.15) is 0 Å². The van der Waals surface area contributed by atoms with Crippen molar-refractivity contribution in [3.63, 3.8) is 0 Å². The lowest BCUT2D eigenvalue weighted by Gasteiger charge is -2.21. The van der Waals surface area contributed by atoms with Gasteiger partial charge in [-0.2, -0.15) is 0 Å². The molecule has 3 rings (SSSR count). The molecule has 0 aliphatic carbocycles. The molecule has 0 saturated heterocycles. The van der Waals surface area contributed by atoms with Crippen LogP contribution in [0.2, 0.25) is 0 Å². The summed E-state index contributed by atoms with van der Waals surface area (Å²) in [5.74, 6) is 0.401. The van der Waals surface area contributed by atoms with Gasteiger partial charge in [-0.1, -0.05) is 56.4 Å². The van der Waals surface area contributed by atoms with Crippen LogP contribution in [-0.4, -0.2) is 10.9 Å². The molecule has 1 heterocycles. The number of aryl methyl sites for hydroxylation is 1. The highest BCUT2D eigenvalue weighted by Gasteiger charge is 2.22. The zero-order valence-electron chi connectivity index (χ0n) is 14.3. The molecular weight excluding hydrogens is 316 g/mol. The fourth-order valence-electron chi connectivity index (χ4n) is 2.64. The first kappa shape index (κ1) is 16.7. The molecule has 0 bridgehead atoms. The molecule has 0 atom stereocenters. The number of thiazole rings is 1. The SMILES string of the molecule is CCc1ccc(N(C(=O)CC(C)C)c2nc3ccccc3s2)cc1. The van der Waals surface area contributed by atoms with E-state index in [0.29, 0.717) is 12.3 Å². The third kappa shape index (κ3) is 3.49. The first-order chi connectivity index (χ1) is 11.6. The van der Waals surface area contributed by atoms with Crippen molar-refractivity contribution < 1.29 is 4.79 Å². The molecule has 0 aliphatic heterocycles. The zero-order chi connectivity index (χ0) is 17.1. The zero-order valence-corrected chi connectivity index (χ0v) is 15.1. The predicted octanol–water partition coefficient (Wildman–Crippen LogP) is 5.57. The van der Waals surface area contributed by atoms with Gasteiger partial charge in [0.05, 0.1) is 15.9 Å². The smallest absolute Gasteiger partial charge is 0.233 e. The van der Waals surface area contributed by atoms with Crippen LogP contribution in [0.25, 0.3) is 10.2 Å². The number of hydrogen-bond acceptors (Lipinski definition) is 3. The van der Waals surface area contributed by atoms with Gasteiger partial charge in [0.25, 0.3) is 0 Å². The number of nitrogens with zero attached hydrogens (tertiary/aromatic N) is 2. The molecule has 2 aromatic carbocycles. The van der Waals surface area contributed by atoms with Gasteiger partial charge in [-0.25, -0.2) is 4.98 Å². The number of amides is 1. The number of fused-ring (bicyclic) bond motifs is 1. The lowest BCUT2D eigenvalue weighted by molar-refractivity contribution is -0.118. The normalized spacial score (nSPS) is 11.2. The molecule has 3 nitrogen and oxygen atoms in total. The van der Waals surface area contributed by atoms with E-state index in [2.05, 4.69) is 37.9 Å². The summed E-state index contributed by atoms with van der Waals surface area (Å²) >= 11 is 1.56. The first-order valence-corrected chi connectivity index (χ1v) is 9.17. The van der Waals surface area contributed by atoms with E-state index in [-0.39, 0.29) is 5.91 Å². The Morgan fingerprint density at radius 3 is 2.46 bits per heavy atom. The summed E-state index contributed by atoms with van der Waals surface area (Å²) in [5.41, 5.74) is 3.08. The Kier molecular flexibility index (Phi) is 4.95. The van der Waals surface area contributed by atoms with E-state index >= 15 is 0 Å². The second-order valence-electron chi connectivity index (χ2n) is 6.31. The molecule has 1 aromatic heterocycles. The second kappa shape index (κ2) is 7.14. The standard InChI is InChI=1S/C20H22N2OS/c1-4-15-9-11-16(12-10-15)22(19(23)13-14(2)3)20-21-17-7-5-6-8-18(17)24-20/h5-12,14H,4,13H2,1-3H3. The minimum Gasteiger partial charge on any atom is -0.274 e. The van der Waals surface area contributed by atoms with Gasteiger partial charge >= 0.3 is 0 Å². The third-order valence-corrected chi connectivity index (χ3v) is 4.93. The summed E-state index contributed by atoms with van der Waals surface area (Å²) in [6, 6.07) is 16.2. The summed E-state index contributed by atoms with van der Waals surface area (Å²) < 4.78 is 1.10. The van der Waals surface area contributed by atoms with Crippen LogP contribution < -0.4 is 4.90 Å². The van der Waals surface area contributed by atoms with Crippen molar-refractivity contribution in [3.05, 3.63) is 54.1 Å². The molecule has 0 radical (unpaired) electrons. The number of benzene rings is 2. The van der Waals surface area contributed by atoms with Gasteiger partial charge in [0.15, 0.2) is 5.13 Å². The van der Waals surface area contributed by atoms with E-state index in [0.717, 1.165) is 27.5 Å². The van der Waals surface area contributed by atoms with E-state index in [1.54, 1.807) is 16.2 Å². The van der Waals surface area contributed by atoms with Crippen molar-refractivity contribution in [2.45, 2.75) is 33.6 Å². The van der Waals surface area contributed by atoms with Gasteiger partial charge in [-0.05, 0) is 42.2 Å². The molecule has 0 fully saturated rings. The predicted molar refractivity (Wildman–Crippen MR) is 102 cm³/mol. The average Bonchev–Trinajstić information content (AvgIpc) is 2.98. The molecule has 0 N–H and O–H groups in total. The van der Waals surface area contributed by atoms with Crippen molar-refractivity contribution >= 4 is 38.3 Å². The van der Waals surface area contributed by atoms with E-state index in [1.165, 1.54) is 5.56 Å². The van der Waals surface area contributed by atoms with Crippen LogP contribution in [0.4, 0.5) is 10.8 Å². The van der Waals surface area contributed by atoms with Crippen LogP contribution in [-0.2, 0) is 11.2 Å². The molecule has 0 aliphatic rings. The Bertz CT molecular complexity index is 803. The van der Waals surface area contributed by atoms with E-state index in [9.17, 15) is 4.79 Å². The molecule has 3 aromatic rings. The van der Waals surface area contributed by atoms with E-state index < -0.39 is 0 Å². The van der Waals surface area contributed by atoms with Crippen LogP contribution in [0.1, 0.15) is 32.8 Å². The molecule has 0 spiro atoms. The lowest BCUT2D eigenvalue weighted by Crippen LogP contribution is -2.26. The summed E-state index contributed by atoms with van der Waals surface area (Å²) in [6.07, 6.45) is 1.49. The van der Waals surface area contributed by atoms with E-state index in [1.807, 2.05) is 36.4 Å². The summed E-state index contributed by atoms with van der Waals surface area (Å²) in [6.45, 7) is 6.26. The number of carbonyl (C=O) groups excluding carboxylic acids is 1. The molecule has 1 amide bonds. The van der Waals surface area contributed by atoms with Crippen molar-refractivity contribution in [3.8, 4) is 0 Å². The highest BCUT2D eigenvalue weighted by Crippen LogP contribution is 2.34. The maximum atomic E-state index is 12.9. The van der Waals surface area contributed by atoms with E-state index in [4.69, 9.17) is 0 Å². The molecule has 4 heteroatoms. The van der Waals surface area contributed by atoms with Crippen molar-refractivity contribution in [1.29, 1.82) is 0 Å². The number of anilines is 2. The fraction of sp³-hybridized carbons (Fsp3) is 0.300. The maximum Gasteiger partial charge on any atom is 0.233 e. The highest BCUT2D eigenvalue weighted by atomic mass is 32.1. The van der Waals surface area contributed by atoms with Crippen molar-refractivity contribution in [2.24, 2.45) is 5.92 Å². The average molecular weight is 338 g/mol. The third-order valence-electron chi connectivity index (χ3n) is 3.91. The molecule has 0 unspecified atom stereocenters. The van der Waals surface area contributed by atoms with Crippen LogP contribution in [0.15, 0.2) is 48.5 Å². The van der Waals surface area contributed by atoms with Gasteiger partial charge in [0.2, 0.25) is 5.91 Å². The molecule has 24 heavy (non-hydrogen) atoms. The Hall–Kier alpha value is -2.20. The number of para-hydroxylation sites is 1. The summed E-state index contributed by atoms with van der Waals surface area (Å²) in [7, 11) is 0. The largest absolute Gasteiger partial charge is 0.274 e. The first-order valence-electron chi connectivity index (χ1n) is 8.36. The Labute approximate surface area is 147 Å². The van der Waals surface area contributed by atoms with Crippen LogP contribution in [0.3, 0.4) is 0 Å². The van der Waals surface area contributed by atoms with Crippen molar-refractivity contribution in [2.75, 3.05) is 4.90 Å². The monoisotopic (exact) mass is 338 g/mol. The Balaban J connectivity index is 2.04. The van der Waals surface area contributed by atoms with Gasteiger partial charge in [-0.15, -0.1) is 0 Å². The summed E-state index contributed by atoms with van der Waals surface area (Å²) in [4.78, 5) is 19.3. The Morgan fingerprint density at radius 1 is 1.12 bits per heavy atom.